The fraction of sp³-hybridized carbons (Fsp3) is 0.550. The van der Waals surface area contributed by atoms with E-state index in [-0.39, 0.29) is 11.5 Å². The number of carboxylic acids is 1. The molecule has 2 amide bonds. The summed E-state index contributed by atoms with van der Waals surface area (Å²) in [6.45, 7) is 7.54. The molecule has 2 rings (SSSR count). The topological polar surface area (TPSA) is 87.2 Å². The number of hydrogen-bond acceptors (Lipinski definition) is 4. The van der Waals surface area contributed by atoms with Gasteiger partial charge < -0.3 is 14.7 Å². The highest BCUT2D eigenvalue weighted by Crippen LogP contribution is 2.25. The number of anilines is 1. The minimum Gasteiger partial charge on any atom is -0.478 e. The second kappa shape index (κ2) is 7.98. The number of hydrogen-bond donors (Lipinski definition) is 1. The molecule has 0 saturated carbocycles. The maximum absolute atomic E-state index is 13.1. The Morgan fingerprint density at radius 3 is 2.48 bits per heavy atom. The van der Waals surface area contributed by atoms with Crippen LogP contribution < -0.4 is 4.90 Å². The molecule has 1 heterocycles. The second-order valence-electron chi connectivity index (χ2n) is 7.89. The van der Waals surface area contributed by atoms with Crippen LogP contribution in [0.25, 0.3) is 0 Å². The van der Waals surface area contributed by atoms with Crippen molar-refractivity contribution in [1.82, 2.24) is 4.90 Å². The molecule has 1 atom stereocenters. The molecule has 1 N–H and O–H groups in total. The number of amides is 2. The van der Waals surface area contributed by atoms with E-state index in [1.807, 2.05) is 0 Å². The lowest BCUT2D eigenvalue weighted by molar-refractivity contribution is -0.124. The quantitative estimate of drug-likeness (QED) is 0.873. The van der Waals surface area contributed by atoms with Gasteiger partial charge in [0.15, 0.2) is 0 Å². The molecule has 0 aromatic heterocycles. The summed E-state index contributed by atoms with van der Waals surface area (Å²) in [6.07, 6.45) is 1.72. The van der Waals surface area contributed by atoms with Crippen molar-refractivity contribution >= 4 is 23.7 Å². The molecule has 1 aromatic carbocycles. The van der Waals surface area contributed by atoms with Crippen LogP contribution in [0.3, 0.4) is 0 Å². The molecule has 7 heteroatoms. The third-order valence-corrected chi connectivity index (χ3v) is 4.59. The van der Waals surface area contributed by atoms with E-state index < -0.39 is 23.7 Å². The first kappa shape index (κ1) is 20.7. The van der Waals surface area contributed by atoms with E-state index in [0.717, 1.165) is 12.8 Å². The number of carboxylic acid groups (broad SMARTS) is 1. The third-order valence-electron chi connectivity index (χ3n) is 4.59. The predicted molar refractivity (Wildman–Crippen MR) is 102 cm³/mol. The van der Waals surface area contributed by atoms with E-state index in [9.17, 15) is 19.5 Å². The van der Waals surface area contributed by atoms with Crippen LogP contribution in [0.15, 0.2) is 18.2 Å². The van der Waals surface area contributed by atoms with Crippen molar-refractivity contribution in [3.8, 4) is 0 Å². The average molecular weight is 376 g/mol. The molecule has 1 saturated heterocycles. The number of nitrogens with zero attached hydrogens (tertiary/aromatic N) is 2. The molecular formula is C20H28N2O5. The maximum atomic E-state index is 13.1. The minimum atomic E-state index is -1.04. The molecule has 0 spiro atoms. The summed E-state index contributed by atoms with van der Waals surface area (Å²) in [5.41, 5.74) is 0.624. The highest BCUT2D eigenvalue weighted by molar-refractivity contribution is 5.99. The summed E-state index contributed by atoms with van der Waals surface area (Å²) in [7, 11) is 1.60. The number of piperidine rings is 1. The third kappa shape index (κ3) is 4.99. The normalized spacial score (nSPS) is 17.4. The number of carbonyl (C=O) groups is 3. The maximum Gasteiger partial charge on any atom is 0.410 e. The molecule has 27 heavy (non-hydrogen) atoms. The fourth-order valence-corrected chi connectivity index (χ4v) is 3.13. The summed E-state index contributed by atoms with van der Waals surface area (Å²) >= 11 is 0. The lowest BCUT2D eigenvalue weighted by Gasteiger charge is -2.37. The number of benzene rings is 1. The van der Waals surface area contributed by atoms with Crippen LogP contribution in [-0.2, 0) is 9.53 Å². The van der Waals surface area contributed by atoms with Crippen molar-refractivity contribution in [1.29, 1.82) is 0 Å². The zero-order valence-corrected chi connectivity index (χ0v) is 16.6. The monoisotopic (exact) mass is 376 g/mol. The van der Waals surface area contributed by atoms with E-state index in [4.69, 9.17) is 4.74 Å². The molecule has 1 fully saturated rings. The van der Waals surface area contributed by atoms with Gasteiger partial charge in [-0.3, -0.25) is 9.69 Å². The highest BCUT2D eigenvalue weighted by atomic mass is 16.6. The molecule has 1 aliphatic rings. The Balaban J connectivity index is 2.24. The predicted octanol–water partition coefficient (Wildman–Crippen LogP) is 3.45. The molecule has 1 aliphatic heterocycles. The van der Waals surface area contributed by atoms with Gasteiger partial charge in [-0.1, -0.05) is 6.07 Å². The number of ether oxygens (including phenoxy) is 1. The van der Waals surface area contributed by atoms with Crippen LogP contribution in [0.4, 0.5) is 10.5 Å². The van der Waals surface area contributed by atoms with E-state index in [2.05, 4.69) is 0 Å². The molecule has 7 nitrogen and oxygen atoms in total. The van der Waals surface area contributed by atoms with Crippen LogP contribution >= 0.6 is 0 Å². The van der Waals surface area contributed by atoms with Gasteiger partial charge in [-0.25, -0.2) is 9.59 Å². The second-order valence-corrected chi connectivity index (χ2v) is 7.89. The Morgan fingerprint density at radius 1 is 1.22 bits per heavy atom. The van der Waals surface area contributed by atoms with E-state index in [1.165, 1.54) is 15.9 Å². The van der Waals surface area contributed by atoms with Crippen molar-refractivity contribution in [2.45, 2.75) is 58.6 Å². The number of carbonyl (C=O) groups excluding carboxylic acids is 2. The Morgan fingerprint density at radius 2 is 1.89 bits per heavy atom. The van der Waals surface area contributed by atoms with E-state index >= 15 is 0 Å². The molecule has 148 valence electrons. The van der Waals surface area contributed by atoms with Crippen molar-refractivity contribution in [3.05, 3.63) is 29.3 Å². The van der Waals surface area contributed by atoms with Gasteiger partial charge in [0.2, 0.25) is 5.91 Å². The van der Waals surface area contributed by atoms with Crippen LogP contribution in [0.5, 0.6) is 0 Å². The van der Waals surface area contributed by atoms with Crippen molar-refractivity contribution < 1.29 is 24.2 Å². The minimum absolute atomic E-state index is 0.153. The number of rotatable bonds is 3. The Kier molecular flexibility index (Phi) is 6.13. The summed E-state index contributed by atoms with van der Waals surface area (Å²) in [4.78, 5) is 39.9. The van der Waals surface area contributed by atoms with Crippen molar-refractivity contribution in [2.75, 3.05) is 18.5 Å². The molecule has 0 radical (unpaired) electrons. The Labute approximate surface area is 159 Å². The lowest BCUT2D eigenvalue weighted by atomic mass is 10.0. The number of likely N-dealkylation sites (tertiary alicyclic amines) is 1. The van der Waals surface area contributed by atoms with Gasteiger partial charge in [-0.05, 0) is 64.7 Å². The molecule has 0 bridgehead atoms. The van der Waals surface area contributed by atoms with Gasteiger partial charge in [0, 0.05) is 19.3 Å². The number of aryl methyl sites for hydroxylation is 1. The van der Waals surface area contributed by atoms with Gasteiger partial charge in [0.1, 0.15) is 11.6 Å². The van der Waals surface area contributed by atoms with Gasteiger partial charge in [0.05, 0.1) is 5.56 Å². The smallest absolute Gasteiger partial charge is 0.410 e. The molecule has 0 unspecified atom stereocenters. The van der Waals surface area contributed by atoms with Crippen LogP contribution in [-0.4, -0.2) is 53.2 Å². The van der Waals surface area contributed by atoms with Gasteiger partial charge in [-0.15, -0.1) is 0 Å². The van der Waals surface area contributed by atoms with Crippen molar-refractivity contribution in [2.24, 2.45) is 0 Å². The van der Waals surface area contributed by atoms with E-state index in [1.54, 1.807) is 46.9 Å². The zero-order valence-electron chi connectivity index (χ0n) is 16.6. The fourth-order valence-electron chi connectivity index (χ4n) is 3.13. The summed E-state index contributed by atoms with van der Waals surface area (Å²) in [6, 6.07) is 4.25. The summed E-state index contributed by atoms with van der Waals surface area (Å²) in [5, 5.41) is 9.31. The molecular weight excluding hydrogens is 348 g/mol. The first-order chi connectivity index (χ1) is 12.5. The summed E-state index contributed by atoms with van der Waals surface area (Å²) < 4.78 is 5.45. The summed E-state index contributed by atoms with van der Waals surface area (Å²) in [5.74, 6) is -1.29. The number of likely N-dealkylation sites (N-methyl/N-ethyl adjacent to an activating group) is 1. The average Bonchev–Trinajstić information content (AvgIpc) is 2.59. The van der Waals surface area contributed by atoms with Gasteiger partial charge in [-0.2, -0.15) is 0 Å². The molecule has 0 aliphatic carbocycles. The van der Waals surface area contributed by atoms with E-state index in [0.29, 0.717) is 24.2 Å². The van der Waals surface area contributed by atoms with Gasteiger partial charge in [0.25, 0.3) is 0 Å². The highest BCUT2D eigenvalue weighted by Gasteiger charge is 2.36. The van der Waals surface area contributed by atoms with Crippen molar-refractivity contribution in [3.63, 3.8) is 0 Å². The Bertz CT molecular complexity index is 738. The lowest BCUT2D eigenvalue weighted by Crippen LogP contribution is -2.53. The standard InChI is InChI=1S/C20H28N2O5/c1-13-9-10-14(12-15(13)18(24)25)21(5)17(23)16-8-6-7-11-22(16)19(26)27-20(2,3)4/h9-10,12,16H,6-8,11H2,1-5H3,(H,24,25)/t16-/m1/s1. The largest absolute Gasteiger partial charge is 0.478 e. The van der Waals surface area contributed by atoms with Crippen LogP contribution in [0, 0.1) is 6.92 Å². The first-order valence-corrected chi connectivity index (χ1v) is 9.12. The Hall–Kier alpha value is -2.57. The number of aromatic carboxylic acids is 1. The van der Waals surface area contributed by atoms with Crippen LogP contribution in [0.1, 0.15) is 56.0 Å². The first-order valence-electron chi connectivity index (χ1n) is 9.12. The van der Waals surface area contributed by atoms with Gasteiger partial charge >= 0.3 is 12.1 Å². The van der Waals surface area contributed by atoms with Crippen LogP contribution in [0.2, 0.25) is 0 Å². The molecule has 1 aromatic rings. The zero-order chi connectivity index (χ0) is 20.4. The SMILES string of the molecule is Cc1ccc(N(C)C(=O)[C@H]2CCCCN2C(=O)OC(C)(C)C)cc1C(=O)O.